The summed E-state index contributed by atoms with van der Waals surface area (Å²) in [6.07, 6.45) is 3.08. The molecular weight excluding hydrogens is 314 g/mol. The zero-order valence-electron chi connectivity index (χ0n) is 12.5. The van der Waals surface area contributed by atoms with E-state index in [0.717, 1.165) is 11.1 Å². The van der Waals surface area contributed by atoms with Crippen LogP contribution in [0, 0.1) is 6.92 Å². The van der Waals surface area contributed by atoms with Crippen LogP contribution in [0.1, 0.15) is 11.1 Å². The fourth-order valence-electron chi connectivity index (χ4n) is 1.89. The average molecular weight is 330 g/mol. The van der Waals surface area contributed by atoms with Gasteiger partial charge in [0.2, 0.25) is 5.91 Å². The molecule has 23 heavy (non-hydrogen) atoms. The van der Waals surface area contributed by atoms with Crippen LogP contribution in [-0.4, -0.2) is 11.9 Å². The molecule has 0 heterocycles. The normalized spacial score (nSPS) is 10.5. The second-order valence-corrected chi connectivity index (χ2v) is 5.31. The van der Waals surface area contributed by atoms with E-state index >= 15 is 0 Å². The first kappa shape index (κ1) is 16.6. The van der Waals surface area contributed by atoms with Crippen molar-refractivity contribution in [2.24, 2.45) is 5.73 Å². The van der Waals surface area contributed by atoms with E-state index in [0.29, 0.717) is 16.4 Å². The summed E-state index contributed by atoms with van der Waals surface area (Å²) in [5.41, 5.74) is 7.92. The summed E-state index contributed by atoms with van der Waals surface area (Å²) in [5, 5.41) is 5.79. The van der Waals surface area contributed by atoms with Crippen LogP contribution >= 0.6 is 11.6 Å². The Bertz CT molecular complexity index is 772. The number of carbonyl (C=O) groups is 2. The van der Waals surface area contributed by atoms with E-state index < -0.39 is 6.03 Å². The first-order valence-electron chi connectivity index (χ1n) is 6.86. The van der Waals surface area contributed by atoms with Crippen LogP contribution in [0.4, 0.5) is 16.2 Å². The van der Waals surface area contributed by atoms with Gasteiger partial charge in [0.1, 0.15) is 0 Å². The molecule has 0 aliphatic carbocycles. The second kappa shape index (κ2) is 7.47. The third-order valence-corrected chi connectivity index (χ3v) is 3.43. The lowest BCUT2D eigenvalue weighted by Crippen LogP contribution is -2.19. The average Bonchev–Trinajstić information content (AvgIpc) is 2.48. The molecule has 0 spiro atoms. The van der Waals surface area contributed by atoms with Gasteiger partial charge in [-0.25, -0.2) is 4.79 Å². The number of amides is 3. The molecule has 0 atom stereocenters. The molecule has 2 aromatic rings. The molecule has 0 radical (unpaired) electrons. The van der Waals surface area contributed by atoms with Crippen molar-refractivity contribution in [3.05, 3.63) is 64.7 Å². The lowest BCUT2D eigenvalue weighted by atomic mass is 10.1. The summed E-state index contributed by atoms with van der Waals surface area (Å²) in [7, 11) is 0. The highest BCUT2D eigenvalue weighted by Crippen LogP contribution is 2.18. The van der Waals surface area contributed by atoms with Crippen LogP contribution in [0.2, 0.25) is 5.02 Å². The van der Waals surface area contributed by atoms with Gasteiger partial charge in [-0.15, -0.1) is 0 Å². The van der Waals surface area contributed by atoms with Crippen molar-refractivity contribution in [2.45, 2.75) is 6.92 Å². The van der Waals surface area contributed by atoms with Crippen molar-refractivity contribution >= 4 is 41.0 Å². The van der Waals surface area contributed by atoms with E-state index in [-0.39, 0.29) is 5.91 Å². The van der Waals surface area contributed by atoms with Crippen molar-refractivity contribution in [3.8, 4) is 0 Å². The van der Waals surface area contributed by atoms with Gasteiger partial charge in [0.05, 0.1) is 0 Å². The van der Waals surface area contributed by atoms with Gasteiger partial charge < -0.3 is 16.4 Å². The molecule has 6 heteroatoms. The molecule has 0 saturated heterocycles. The first-order valence-corrected chi connectivity index (χ1v) is 7.23. The predicted octanol–water partition coefficient (Wildman–Crippen LogP) is 3.79. The van der Waals surface area contributed by atoms with Gasteiger partial charge in [0.25, 0.3) is 0 Å². The molecule has 0 aliphatic rings. The van der Waals surface area contributed by atoms with Crippen LogP contribution in [0.5, 0.6) is 0 Å². The molecule has 0 unspecified atom stereocenters. The minimum atomic E-state index is -0.662. The number of nitrogens with one attached hydrogen (secondary N) is 2. The highest BCUT2D eigenvalue weighted by atomic mass is 35.5. The van der Waals surface area contributed by atoms with Crippen LogP contribution < -0.4 is 16.4 Å². The van der Waals surface area contributed by atoms with E-state index in [9.17, 15) is 9.59 Å². The summed E-state index contributed by atoms with van der Waals surface area (Å²) in [4.78, 5) is 22.7. The number of carbonyl (C=O) groups excluding carboxylic acids is 2. The molecule has 4 N–H and O–H groups in total. The number of benzene rings is 2. The smallest absolute Gasteiger partial charge is 0.316 e. The Morgan fingerprint density at radius 2 is 1.78 bits per heavy atom. The molecule has 2 rings (SSSR count). The number of rotatable bonds is 4. The van der Waals surface area contributed by atoms with Crippen molar-refractivity contribution in [1.29, 1.82) is 0 Å². The minimum Gasteiger partial charge on any atom is -0.351 e. The molecule has 0 aromatic heterocycles. The number of urea groups is 1. The number of anilines is 2. The number of primary amides is 1. The van der Waals surface area contributed by atoms with Gasteiger partial charge in [-0.2, -0.15) is 0 Å². The van der Waals surface area contributed by atoms with Gasteiger partial charge in [-0.05, 0) is 48.4 Å². The SMILES string of the molecule is Cc1ccc(/C=C/C(=O)Nc2cccc(NC(N)=O)c2)cc1Cl. The van der Waals surface area contributed by atoms with Crippen molar-refractivity contribution in [3.63, 3.8) is 0 Å². The molecule has 0 fully saturated rings. The fraction of sp³-hybridized carbons (Fsp3) is 0.0588. The van der Waals surface area contributed by atoms with E-state index in [1.165, 1.54) is 6.08 Å². The molecule has 118 valence electrons. The topological polar surface area (TPSA) is 84.2 Å². The zero-order chi connectivity index (χ0) is 16.8. The van der Waals surface area contributed by atoms with E-state index in [1.54, 1.807) is 36.4 Å². The summed E-state index contributed by atoms with van der Waals surface area (Å²) in [6.45, 7) is 1.91. The third kappa shape index (κ3) is 5.16. The second-order valence-electron chi connectivity index (χ2n) is 4.90. The Kier molecular flexibility index (Phi) is 5.38. The fourth-order valence-corrected chi connectivity index (χ4v) is 2.07. The predicted molar refractivity (Wildman–Crippen MR) is 93.5 cm³/mol. The summed E-state index contributed by atoms with van der Waals surface area (Å²) in [6, 6.07) is 11.6. The standard InChI is InChI=1S/C17H16ClN3O2/c1-11-5-6-12(9-15(11)18)7-8-16(22)20-13-3-2-4-14(10-13)21-17(19)23/h2-10H,1H3,(H,20,22)(H3,19,21,23)/b8-7+. The highest BCUT2D eigenvalue weighted by molar-refractivity contribution is 6.31. The van der Waals surface area contributed by atoms with E-state index in [4.69, 9.17) is 17.3 Å². The number of aryl methyl sites for hydroxylation is 1. The van der Waals surface area contributed by atoms with Gasteiger partial charge in [-0.1, -0.05) is 29.8 Å². The monoisotopic (exact) mass is 329 g/mol. The molecular formula is C17H16ClN3O2. The molecule has 0 bridgehead atoms. The summed E-state index contributed by atoms with van der Waals surface area (Å²) >= 11 is 6.04. The lowest BCUT2D eigenvalue weighted by molar-refractivity contribution is -0.111. The summed E-state index contributed by atoms with van der Waals surface area (Å²) in [5.74, 6) is -0.294. The molecule has 0 aliphatic heterocycles. The highest BCUT2D eigenvalue weighted by Gasteiger charge is 2.01. The molecule has 0 saturated carbocycles. The Balaban J connectivity index is 2.02. The quantitative estimate of drug-likeness (QED) is 0.745. The first-order chi connectivity index (χ1) is 10.9. The number of nitrogens with two attached hydrogens (primary N) is 1. The van der Waals surface area contributed by atoms with Crippen molar-refractivity contribution in [1.82, 2.24) is 0 Å². The molecule has 2 aromatic carbocycles. The van der Waals surface area contributed by atoms with Gasteiger partial charge in [-0.3, -0.25) is 4.79 Å². The van der Waals surface area contributed by atoms with Gasteiger partial charge >= 0.3 is 6.03 Å². The van der Waals surface area contributed by atoms with Gasteiger partial charge in [0.15, 0.2) is 0 Å². The van der Waals surface area contributed by atoms with Crippen molar-refractivity contribution in [2.75, 3.05) is 10.6 Å². The number of halogens is 1. The zero-order valence-corrected chi connectivity index (χ0v) is 13.2. The maximum Gasteiger partial charge on any atom is 0.316 e. The van der Waals surface area contributed by atoms with Crippen LogP contribution in [-0.2, 0) is 4.79 Å². The largest absolute Gasteiger partial charge is 0.351 e. The van der Waals surface area contributed by atoms with E-state index in [2.05, 4.69) is 10.6 Å². The maximum absolute atomic E-state index is 11.9. The Hall–Kier alpha value is -2.79. The van der Waals surface area contributed by atoms with E-state index in [1.807, 2.05) is 19.1 Å². The molecule has 3 amide bonds. The Morgan fingerprint density at radius 1 is 1.09 bits per heavy atom. The van der Waals surface area contributed by atoms with Crippen LogP contribution in [0.3, 0.4) is 0 Å². The van der Waals surface area contributed by atoms with Crippen molar-refractivity contribution < 1.29 is 9.59 Å². The Morgan fingerprint density at radius 3 is 2.43 bits per heavy atom. The number of hydrogen-bond donors (Lipinski definition) is 3. The Labute approximate surface area is 139 Å². The number of hydrogen-bond acceptors (Lipinski definition) is 2. The minimum absolute atomic E-state index is 0.294. The molecule has 5 nitrogen and oxygen atoms in total. The third-order valence-electron chi connectivity index (χ3n) is 3.02. The lowest BCUT2D eigenvalue weighted by Gasteiger charge is -2.06. The van der Waals surface area contributed by atoms with Crippen LogP contribution in [0.25, 0.3) is 6.08 Å². The van der Waals surface area contributed by atoms with Crippen LogP contribution in [0.15, 0.2) is 48.5 Å². The van der Waals surface area contributed by atoms with Gasteiger partial charge in [0, 0.05) is 22.5 Å². The summed E-state index contributed by atoms with van der Waals surface area (Å²) < 4.78 is 0. The maximum atomic E-state index is 11.9.